The highest BCUT2D eigenvalue weighted by Crippen LogP contribution is 2.33. The summed E-state index contributed by atoms with van der Waals surface area (Å²) in [5, 5.41) is 13.6. The van der Waals surface area contributed by atoms with Gasteiger partial charge in [-0.15, -0.1) is 0 Å². The quantitative estimate of drug-likeness (QED) is 0.421. The Bertz CT molecular complexity index is 1170. The van der Waals surface area contributed by atoms with Crippen LogP contribution < -0.4 is 15.4 Å². The molecule has 2 rings (SSSR count). The molecule has 4 N–H and O–H groups in total. The summed E-state index contributed by atoms with van der Waals surface area (Å²) in [6.07, 6.45) is -5.23. The van der Waals surface area contributed by atoms with Gasteiger partial charge in [0.2, 0.25) is 5.60 Å². The fourth-order valence-corrected chi connectivity index (χ4v) is 3.82. The van der Waals surface area contributed by atoms with Crippen LogP contribution in [0.3, 0.4) is 0 Å². The van der Waals surface area contributed by atoms with Crippen LogP contribution in [0.2, 0.25) is 5.02 Å². The zero-order chi connectivity index (χ0) is 25.9. The van der Waals surface area contributed by atoms with E-state index in [0.29, 0.717) is 12.1 Å². The second-order valence-corrected chi connectivity index (χ2v) is 10.0. The number of sulfonamides is 1. The molecular weight excluding hydrogens is 499 g/mol. The summed E-state index contributed by atoms with van der Waals surface area (Å²) in [4.78, 5) is 23.5. The third-order valence-electron chi connectivity index (χ3n) is 4.56. The molecule has 8 nitrogen and oxygen atoms in total. The number of alkyl halides is 3. The SMILES string of the molecule is CC(C)CNC(=O)c1ccc(NS(=O)(=O)c2ccc(NC(=O)[C@@](C)(O)C(F)(F)F)c(Cl)c2)cc1. The first-order valence-electron chi connectivity index (χ1n) is 9.86. The van der Waals surface area contributed by atoms with Crippen molar-refractivity contribution in [1.29, 1.82) is 0 Å². The number of hydrogen-bond acceptors (Lipinski definition) is 5. The maximum atomic E-state index is 12.8. The minimum absolute atomic E-state index is 0.148. The molecule has 13 heteroatoms. The summed E-state index contributed by atoms with van der Waals surface area (Å²) >= 11 is 5.94. The molecule has 1 atom stereocenters. The van der Waals surface area contributed by atoms with E-state index >= 15 is 0 Å². The lowest BCUT2D eigenvalue weighted by Gasteiger charge is -2.25. The van der Waals surface area contributed by atoms with Crippen molar-refractivity contribution in [2.45, 2.75) is 37.4 Å². The lowest BCUT2D eigenvalue weighted by molar-refractivity contribution is -0.242. The number of halogens is 4. The van der Waals surface area contributed by atoms with Crippen LogP contribution >= 0.6 is 11.6 Å². The van der Waals surface area contributed by atoms with Crippen LogP contribution in [0.15, 0.2) is 47.4 Å². The monoisotopic (exact) mass is 521 g/mol. The van der Waals surface area contributed by atoms with E-state index in [2.05, 4.69) is 10.0 Å². The largest absolute Gasteiger partial charge is 0.426 e. The predicted octanol–water partition coefficient (Wildman–Crippen LogP) is 3.78. The van der Waals surface area contributed by atoms with Gasteiger partial charge in [-0.2, -0.15) is 13.2 Å². The van der Waals surface area contributed by atoms with E-state index in [0.717, 1.165) is 18.2 Å². The fraction of sp³-hybridized carbons (Fsp3) is 0.333. The van der Waals surface area contributed by atoms with Gasteiger partial charge in [0.05, 0.1) is 15.6 Å². The van der Waals surface area contributed by atoms with Crippen molar-refractivity contribution in [2.24, 2.45) is 5.92 Å². The number of benzene rings is 2. The van der Waals surface area contributed by atoms with Crippen LogP contribution in [-0.2, 0) is 14.8 Å². The van der Waals surface area contributed by atoms with Crippen molar-refractivity contribution >= 4 is 44.8 Å². The molecule has 0 fully saturated rings. The number of rotatable bonds is 8. The van der Waals surface area contributed by atoms with Crippen molar-refractivity contribution in [1.82, 2.24) is 5.32 Å². The first-order valence-corrected chi connectivity index (χ1v) is 11.7. The number of aliphatic hydroxyl groups is 1. The predicted molar refractivity (Wildman–Crippen MR) is 121 cm³/mol. The lowest BCUT2D eigenvalue weighted by Crippen LogP contribution is -2.52. The standard InChI is InChI=1S/C21H23ClF3N3O5S/c1-12(2)11-26-18(29)13-4-6-14(7-5-13)28-34(32,33)15-8-9-17(16(22)10-15)27-19(30)20(3,31)21(23,24)25/h4-10,12,28,31H,11H2,1-3H3,(H,26,29)(H,27,30)/t20-/m1/s1. The molecule has 0 aliphatic rings. The molecule has 0 radical (unpaired) electrons. The smallest absolute Gasteiger partial charge is 0.373 e. The number of nitrogens with one attached hydrogen (secondary N) is 3. The zero-order valence-electron chi connectivity index (χ0n) is 18.3. The van der Waals surface area contributed by atoms with Crippen LogP contribution in [0.25, 0.3) is 0 Å². The Morgan fingerprint density at radius 3 is 2.18 bits per heavy atom. The van der Waals surface area contributed by atoms with Crippen molar-refractivity contribution in [2.75, 3.05) is 16.6 Å². The van der Waals surface area contributed by atoms with Gasteiger partial charge >= 0.3 is 6.18 Å². The summed E-state index contributed by atoms with van der Waals surface area (Å²) in [5.41, 5.74) is -3.52. The fourth-order valence-electron chi connectivity index (χ4n) is 2.44. The van der Waals surface area contributed by atoms with Crippen LogP contribution in [-0.4, -0.2) is 43.7 Å². The molecule has 2 aromatic rings. The van der Waals surface area contributed by atoms with Crippen molar-refractivity contribution in [3.05, 3.63) is 53.1 Å². The molecule has 0 spiro atoms. The first kappa shape index (κ1) is 27.4. The summed E-state index contributed by atoms with van der Waals surface area (Å²) in [6, 6.07) is 8.57. The summed E-state index contributed by atoms with van der Waals surface area (Å²) in [5.74, 6) is -1.83. The van der Waals surface area contributed by atoms with E-state index in [1.807, 2.05) is 19.2 Å². The third kappa shape index (κ3) is 6.61. The topological polar surface area (TPSA) is 125 Å². The molecule has 2 amide bonds. The average molecular weight is 522 g/mol. The second-order valence-electron chi connectivity index (χ2n) is 7.95. The van der Waals surface area contributed by atoms with Crippen LogP contribution in [0.1, 0.15) is 31.1 Å². The molecule has 2 aromatic carbocycles. The van der Waals surface area contributed by atoms with Gasteiger partial charge in [-0.05, 0) is 55.3 Å². The van der Waals surface area contributed by atoms with E-state index in [-0.39, 0.29) is 40.0 Å². The summed E-state index contributed by atoms with van der Waals surface area (Å²) in [7, 11) is -4.16. The van der Waals surface area contributed by atoms with E-state index in [1.165, 1.54) is 24.3 Å². The van der Waals surface area contributed by atoms with Crippen molar-refractivity contribution < 1.29 is 36.3 Å². The molecule has 0 saturated carbocycles. The average Bonchev–Trinajstić information content (AvgIpc) is 2.72. The molecule has 0 bridgehead atoms. The van der Waals surface area contributed by atoms with Crippen LogP contribution in [0, 0.1) is 5.92 Å². The second kappa shape index (κ2) is 10.2. The highest BCUT2D eigenvalue weighted by Gasteiger charge is 2.55. The Balaban J connectivity index is 2.15. The molecule has 0 heterocycles. The number of hydrogen-bond donors (Lipinski definition) is 4. The number of anilines is 2. The van der Waals surface area contributed by atoms with Gasteiger partial charge in [0.25, 0.3) is 21.8 Å². The van der Waals surface area contributed by atoms with Gasteiger partial charge in [0, 0.05) is 17.8 Å². The Kier molecular flexibility index (Phi) is 8.22. The molecule has 0 aliphatic carbocycles. The van der Waals surface area contributed by atoms with Crippen LogP contribution in [0.4, 0.5) is 24.5 Å². The van der Waals surface area contributed by atoms with Gasteiger partial charge in [-0.25, -0.2) is 8.42 Å². The molecule has 0 saturated heterocycles. The van der Waals surface area contributed by atoms with E-state index in [1.54, 1.807) is 0 Å². The van der Waals surface area contributed by atoms with Gasteiger partial charge in [-0.3, -0.25) is 14.3 Å². The normalized spacial score (nSPS) is 13.8. The van der Waals surface area contributed by atoms with Crippen molar-refractivity contribution in [3.63, 3.8) is 0 Å². The number of amides is 2. The third-order valence-corrected chi connectivity index (χ3v) is 6.26. The van der Waals surface area contributed by atoms with E-state index in [4.69, 9.17) is 11.6 Å². The number of carbonyl (C=O) groups is 2. The van der Waals surface area contributed by atoms with Crippen molar-refractivity contribution in [3.8, 4) is 0 Å². The summed E-state index contributed by atoms with van der Waals surface area (Å²) in [6.45, 7) is 4.64. The Morgan fingerprint density at radius 2 is 1.68 bits per heavy atom. The Morgan fingerprint density at radius 1 is 1.09 bits per heavy atom. The number of carbonyl (C=O) groups excluding carboxylic acids is 2. The molecule has 0 aliphatic heterocycles. The van der Waals surface area contributed by atoms with Gasteiger partial charge in [0.1, 0.15) is 0 Å². The minimum Gasteiger partial charge on any atom is -0.373 e. The zero-order valence-corrected chi connectivity index (χ0v) is 19.9. The van der Waals surface area contributed by atoms with Gasteiger partial charge < -0.3 is 15.7 Å². The molecular formula is C21H23ClF3N3O5S. The van der Waals surface area contributed by atoms with Crippen LogP contribution in [0.5, 0.6) is 0 Å². The maximum absolute atomic E-state index is 12.8. The van der Waals surface area contributed by atoms with Gasteiger partial charge in [0.15, 0.2) is 0 Å². The maximum Gasteiger partial charge on any atom is 0.426 e. The molecule has 186 valence electrons. The van der Waals surface area contributed by atoms with E-state index < -0.39 is 27.7 Å². The Labute approximate surface area is 199 Å². The van der Waals surface area contributed by atoms with E-state index in [9.17, 15) is 36.3 Å². The highest BCUT2D eigenvalue weighted by atomic mass is 35.5. The first-order chi connectivity index (χ1) is 15.5. The summed E-state index contributed by atoms with van der Waals surface area (Å²) < 4.78 is 66.0. The van der Waals surface area contributed by atoms with Gasteiger partial charge in [-0.1, -0.05) is 25.4 Å². The Hall–Kier alpha value is -2.83. The lowest BCUT2D eigenvalue weighted by atomic mass is 10.1. The molecule has 0 unspecified atom stereocenters. The minimum atomic E-state index is -5.23. The molecule has 34 heavy (non-hydrogen) atoms. The highest BCUT2D eigenvalue weighted by molar-refractivity contribution is 7.92. The molecule has 0 aromatic heterocycles.